The molecule has 23 heavy (non-hydrogen) atoms. The molecule has 1 aliphatic heterocycles. The van der Waals surface area contributed by atoms with Gasteiger partial charge in [-0.25, -0.2) is 0 Å². The molecule has 1 heterocycles. The van der Waals surface area contributed by atoms with E-state index in [1.165, 1.54) is 24.1 Å². The molecule has 0 aliphatic carbocycles. The Balaban J connectivity index is 2.16. The van der Waals surface area contributed by atoms with Crippen LogP contribution in [0.3, 0.4) is 0 Å². The van der Waals surface area contributed by atoms with Gasteiger partial charge in [0.05, 0.1) is 23.4 Å². The lowest BCUT2D eigenvalue weighted by molar-refractivity contribution is -0.384. The van der Waals surface area contributed by atoms with Crippen molar-refractivity contribution in [1.29, 1.82) is 0 Å². The van der Waals surface area contributed by atoms with Crippen LogP contribution < -0.4 is 0 Å². The molecule has 1 aromatic carbocycles. The zero-order valence-electron chi connectivity index (χ0n) is 12.1. The number of carbonyl (C=O) groups is 2. The van der Waals surface area contributed by atoms with E-state index in [-0.39, 0.29) is 24.6 Å². The highest BCUT2D eigenvalue weighted by Gasteiger charge is 2.32. The van der Waals surface area contributed by atoms with Crippen molar-refractivity contribution in [2.75, 3.05) is 13.7 Å². The Kier molecular flexibility index (Phi) is 5.45. The summed E-state index contributed by atoms with van der Waals surface area (Å²) >= 11 is 6.23. The highest BCUT2D eigenvalue weighted by molar-refractivity contribution is 8.26. The van der Waals surface area contributed by atoms with Crippen LogP contribution in [0.2, 0.25) is 0 Å². The number of hydrogen-bond acceptors (Lipinski definition) is 7. The third-order valence-electron chi connectivity index (χ3n) is 3.02. The van der Waals surface area contributed by atoms with Crippen LogP contribution in [-0.4, -0.2) is 39.7 Å². The van der Waals surface area contributed by atoms with E-state index in [0.717, 1.165) is 11.8 Å². The van der Waals surface area contributed by atoms with Crippen LogP contribution in [0.25, 0.3) is 6.08 Å². The smallest absolute Gasteiger partial charge is 0.307 e. The maximum absolute atomic E-state index is 12.3. The summed E-state index contributed by atoms with van der Waals surface area (Å²) in [4.78, 5) is 35.4. The molecule has 0 bridgehead atoms. The number of benzene rings is 1. The van der Waals surface area contributed by atoms with E-state index >= 15 is 0 Å². The number of thiocarbonyl (C=S) groups is 1. The molecular formula is C14H12N2O5S2. The lowest BCUT2D eigenvalue weighted by atomic mass is 10.2. The monoisotopic (exact) mass is 352 g/mol. The predicted molar refractivity (Wildman–Crippen MR) is 89.6 cm³/mol. The van der Waals surface area contributed by atoms with Crippen molar-refractivity contribution in [3.63, 3.8) is 0 Å². The Morgan fingerprint density at radius 2 is 2.26 bits per heavy atom. The fourth-order valence-electron chi connectivity index (χ4n) is 1.88. The van der Waals surface area contributed by atoms with Crippen molar-refractivity contribution in [2.45, 2.75) is 6.42 Å². The number of amides is 1. The molecule has 1 amide bonds. The van der Waals surface area contributed by atoms with Gasteiger partial charge in [0.15, 0.2) is 0 Å². The van der Waals surface area contributed by atoms with Gasteiger partial charge in [0.2, 0.25) is 0 Å². The van der Waals surface area contributed by atoms with Crippen LogP contribution >= 0.6 is 24.0 Å². The summed E-state index contributed by atoms with van der Waals surface area (Å²) in [6.45, 7) is 0.142. The Labute approximate surface area is 141 Å². The number of carbonyl (C=O) groups excluding carboxylic acids is 2. The molecule has 1 aromatic rings. The lowest BCUT2D eigenvalue weighted by Crippen LogP contribution is -2.30. The number of non-ortho nitro benzene ring substituents is 1. The van der Waals surface area contributed by atoms with Gasteiger partial charge in [-0.05, 0) is 11.6 Å². The summed E-state index contributed by atoms with van der Waals surface area (Å²) in [5.41, 5.74) is 0.479. The predicted octanol–water partition coefficient (Wildman–Crippen LogP) is 2.36. The van der Waals surface area contributed by atoms with E-state index in [0.29, 0.717) is 14.8 Å². The van der Waals surface area contributed by atoms with Crippen LogP contribution in [0, 0.1) is 10.1 Å². The van der Waals surface area contributed by atoms with Crippen LogP contribution in [0.4, 0.5) is 5.69 Å². The molecule has 0 radical (unpaired) electrons. The molecule has 2 rings (SSSR count). The Hall–Kier alpha value is -2.26. The first-order valence-corrected chi connectivity index (χ1v) is 7.71. The molecule has 0 atom stereocenters. The summed E-state index contributed by atoms with van der Waals surface area (Å²) in [6, 6.07) is 5.95. The number of hydrogen-bond donors (Lipinski definition) is 0. The molecule has 0 spiro atoms. The summed E-state index contributed by atoms with van der Waals surface area (Å²) in [6.07, 6.45) is 1.59. The molecule has 0 N–H and O–H groups in total. The topological polar surface area (TPSA) is 89.8 Å². The summed E-state index contributed by atoms with van der Waals surface area (Å²) in [7, 11) is 1.27. The Bertz CT molecular complexity index is 717. The quantitative estimate of drug-likeness (QED) is 0.264. The summed E-state index contributed by atoms with van der Waals surface area (Å²) in [5, 5.41) is 10.8. The van der Waals surface area contributed by atoms with Crippen LogP contribution in [0.5, 0.6) is 0 Å². The molecule has 0 unspecified atom stereocenters. The van der Waals surface area contributed by atoms with E-state index in [9.17, 15) is 19.7 Å². The average molecular weight is 352 g/mol. The van der Waals surface area contributed by atoms with Gasteiger partial charge < -0.3 is 4.74 Å². The third-order valence-corrected chi connectivity index (χ3v) is 4.40. The van der Waals surface area contributed by atoms with Gasteiger partial charge in [0.1, 0.15) is 4.32 Å². The van der Waals surface area contributed by atoms with Gasteiger partial charge in [-0.15, -0.1) is 0 Å². The second-order valence-corrected chi connectivity index (χ2v) is 6.19. The normalized spacial score (nSPS) is 16.0. The second kappa shape index (κ2) is 7.34. The van der Waals surface area contributed by atoms with E-state index in [1.54, 1.807) is 18.2 Å². The standard InChI is InChI=1S/C14H12N2O5S2/c1-21-12(17)5-6-15-13(18)11(23-14(15)22)8-9-3-2-4-10(7-9)16(19)20/h2-4,7-8H,5-6H2,1H3. The van der Waals surface area contributed by atoms with Gasteiger partial charge in [-0.1, -0.05) is 36.1 Å². The van der Waals surface area contributed by atoms with Crippen molar-refractivity contribution in [1.82, 2.24) is 4.90 Å². The Morgan fingerprint density at radius 1 is 1.52 bits per heavy atom. The van der Waals surface area contributed by atoms with Crippen molar-refractivity contribution in [3.8, 4) is 0 Å². The van der Waals surface area contributed by atoms with Gasteiger partial charge in [0.25, 0.3) is 11.6 Å². The number of nitrogens with zero attached hydrogens (tertiary/aromatic N) is 2. The molecule has 9 heteroatoms. The number of methoxy groups -OCH3 is 1. The zero-order valence-corrected chi connectivity index (χ0v) is 13.7. The molecule has 1 aliphatic rings. The fourth-order valence-corrected chi connectivity index (χ4v) is 3.19. The van der Waals surface area contributed by atoms with Crippen LogP contribution in [0.1, 0.15) is 12.0 Å². The maximum Gasteiger partial charge on any atom is 0.307 e. The van der Waals surface area contributed by atoms with Crippen molar-refractivity contribution in [2.24, 2.45) is 0 Å². The number of ether oxygens (including phenoxy) is 1. The minimum Gasteiger partial charge on any atom is -0.469 e. The second-order valence-electron chi connectivity index (χ2n) is 4.51. The maximum atomic E-state index is 12.3. The van der Waals surface area contributed by atoms with Gasteiger partial charge >= 0.3 is 5.97 Å². The molecule has 0 saturated carbocycles. The SMILES string of the molecule is COC(=O)CCN1C(=O)C(=Cc2cccc([N+](=O)[O-])c2)SC1=S. The van der Waals surface area contributed by atoms with E-state index in [2.05, 4.69) is 4.74 Å². The first-order chi connectivity index (χ1) is 10.9. The first-order valence-electron chi connectivity index (χ1n) is 6.49. The number of nitro benzene ring substituents is 1. The minimum atomic E-state index is -0.501. The minimum absolute atomic E-state index is 0.0486. The largest absolute Gasteiger partial charge is 0.469 e. The number of nitro groups is 1. The van der Waals surface area contributed by atoms with E-state index < -0.39 is 10.9 Å². The fraction of sp³-hybridized carbons (Fsp3) is 0.214. The van der Waals surface area contributed by atoms with Gasteiger partial charge in [0, 0.05) is 18.7 Å². The molecule has 120 valence electrons. The molecule has 1 fully saturated rings. The molecule has 0 aromatic heterocycles. The van der Waals surface area contributed by atoms with Gasteiger partial charge in [-0.2, -0.15) is 0 Å². The van der Waals surface area contributed by atoms with E-state index in [1.807, 2.05) is 0 Å². The lowest BCUT2D eigenvalue weighted by Gasteiger charge is -2.12. The zero-order chi connectivity index (χ0) is 17.0. The summed E-state index contributed by atoms with van der Waals surface area (Å²) < 4.78 is 4.88. The van der Waals surface area contributed by atoms with Crippen molar-refractivity contribution < 1.29 is 19.2 Å². The highest BCUT2D eigenvalue weighted by atomic mass is 32.2. The first kappa shape index (κ1) is 17.1. The Morgan fingerprint density at radius 3 is 2.91 bits per heavy atom. The average Bonchev–Trinajstić information content (AvgIpc) is 2.79. The number of esters is 1. The summed E-state index contributed by atoms with van der Waals surface area (Å²) in [5.74, 6) is -0.753. The molecule has 1 saturated heterocycles. The number of rotatable bonds is 5. The van der Waals surface area contributed by atoms with Crippen molar-refractivity contribution in [3.05, 3.63) is 44.8 Å². The number of thioether (sulfide) groups is 1. The molecule has 7 nitrogen and oxygen atoms in total. The van der Waals surface area contributed by atoms with Crippen LogP contribution in [-0.2, 0) is 14.3 Å². The van der Waals surface area contributed by atoms with Crippen molar-refractivity contribution >= 4 is 51.9 Å². The third kappa shape index (κ3) is 4.14. The molecular weight excluding hydrogens is 340 g/mol. The van der Waals surface area contributed by atoms with Gasteiger partial charge in [-0.3, -0.25) is 24.6 Å². The van der Waals surface area contributed by atoms with E-state index in [4.69, 9.17) is 12.2 Å². The highest BCUT2D eigenvalue weighted by Crippen LogP contribution is 2.33. The van der Waals surface area contributed by atoms with Crippen LogP contribution in [0.15, 0.2) is 29.2 Å².